The van der Waals surface area contributed by atoms with Crippen LogP contribution in [-0.2, 0) is 16.1 Å². The van der Waals surface area contributed by atoms with Gasteiger partial charge in [0.15, 0.2) is 6.29 Å². The van der Waals surface area contributed by atoms with E-state index in [-0.39, 0.29) is 6.29 Å². The Hall–Kier alpha value is -1.20. The van der Waals surface area contributed by atoms with E-state index in [1.807, 2.05) is 12.1 Å². The Morgan fingerprint density at radius 1 is 1.21 bits per heavy atom. The zero-order valence-electron chi connectivity index (χ0n) is 11.5. The highest BCUT2D eigenvalue weighted by molar-refractivity contribution is 6.36. The van der Waals surface area contributed by atoms with Crippen LogP contribution in [0.2, 0.25) is 0 Å². The first-order chi connectivity index (χ1) is 9.24. The molecule has 0 N–H and O–H groups in total. The minimum Gasteiger partial charge on any atom is -0.497 e. The van der Waals surface area contributed by atoms with Crippen molar-refractivity contribution in [3.8, 4) is 11.5 Å². The summed E-state index contributed by atoms with van der Waals surface area (Å²) < 4.78 is 21.7. The highest BCUT2D eigenvalue weighted by Crippen LogP contribution is 2.21. The van der Waals surface area contributed by atoms with Gasteiger partial charge in [0, 0.05) is 6.61 Å². The Morgan fingerprint density at radius 2 is 1.89 bits per heavy atom. The van der Waals surface area contributed by atoms with Gasteiger partial charge in [-0.1, -0.05) is 0 Å². The average molecular weight is 262 g/mol. The molecule has 4 nitrogen and oxygen atoms in total. The Morgan fingerprint density at radius 3 is 2.42 bits per heavy atom. The van der Waals surface area contributed by atoms with Crippen molar-refractivity contribution in [1.29, 1.82) is 0 Å². The average Bonchev–Trinajstić information content (AvgIpc) is 2.47. The molecule has 102 valence electrons. The lowest BCUT2D eigenvalue weighted by Gasteiger charge is -2.23. The predicted octanol–water partition coefficient (Wildman–Crippen LogP) is 1.54. The van der Waals surface area contributed by atoms with Gasteiger partial charge in [0.1, 0.15) is 19.3 Å². The van der Waals surface area contributed by atoms with Crippen LogP contribution in [0, 0.1) is 0 Å². The van der Waals surface area contributed by atoms with Crippen LogP contribution in [0.5, 0.6) is 11.5 Å². The maximum absolute atomic E-state index is 5.90. The van der Waals surface area contributed by atoms with E-state index in [4.69, 9.17) is 26.8 Å². The van der Waals surface area contributed by atoms with Crippen molar-refractivity contribution >= 4 is 13.3 Å². The second-order valence-electron chi connectivity index (χ2n) is 4.52. The Kier molecular flexibility index (Phi) is 5.11. The van der Waals surface area contributed by atoms with Crippen LogP contribution < -0.4 is 14.9 Å². The fourth-order valence-corrected chi connectivity index (χ4v) is 2.11. The molecule has 1 aromatic rings. The minimum absolute atomic E-state index is 0.108. The molecule has 0 aromatic heterocycles. The molecule has 1 fully saturated rings. The monoisotopic (exact) mass is 262 g/mol. The lowest BCUT2D eigenvalue weighted by atomic mass is 9.92. The fourth-order valence-electron chi connectivity index (χ4n) is 2.11. The topological polar surface area (TPSA) is 36.9 Å². The molecule has 1 aromatic carbocycles. The van der Waals surface area contributed by atoms with Gasteiger partial charge in [-0.25, -0.2) is 0 Å². The Bertz CT molecular complexity index is 391. The lowest BCUT2D eigenvalue weighted by Crippen LogP contribution is -2.22. The van der Waals surface area contributed by atoms with E-state index < -0.39 is 0 Å². The third-order valence-corrected chi connectivity index (χ3v) is 3.18. The van der Waals surface area contributed by atoms with Gasteiger partial charge >= 0.3 is 0 Å². The zero-order chi connectivity index (χ0) is 13.7. The van der Waals surface area contributed by atoms with Crippen LogP contribution in [0.4, 0.5) is 0 Å². The Labute approximate surface area is 115 Å². The lowest BCUT2D eigenvalue weighted by molar-refractivity contribution is -0.168. The highest BCUT2D eigenvalue weighted by Gasteiger charge is 2.15. The van der Waals surface area contributed by atoms with Crippen LogP contribution in [0.25, 0.3) is 0 Å². The summed E-state index contributed by atoms with van der Waals surface area (Å²) in [6, 6.07) is 3.72. The Balaban J connectivity index is 2.02. The van der Waals surface area contributed by atoms with Gasteiger partial charge in [-0.3, -0.25) is 0 Å². The summed E-state index contributed by atoms with van der Waals surface area (Å²) in [6.45, 7) is 1.23. The summed E-state index contributed by atoms with van der Waals surface area (Å²) in [5.74, 6) is 1.20. The van der Waals surface area contributed by atoms with E-state index in [1.54, 1.807) is 14.2 Å². The first-order valence-corrected chi connectivity index (χ1v) is 6.48. The minimum atomic E-state index is -0.108. The van der Waals surface area contributed by atoms with Crippen LogP contribution in [-0.4, -0.2) is 35.0 Å². The number of ether oxygens (including phenoxy) is 4. The van der Waals surface area contributed by atoms with Crippen molar-refractivity contribution < 1.29 is 18.9 Å². The molecule has 2 radical (unpaired) electrons. The molecule has 1 heterocycles. The maximum atomic E-state index is 5.90. The number of hydrogen-bond donors (Lipinski definition) is 0. The summed E-state index contributed by atoms with van der Waals surface area (Å²) >= 11 is 0. The predicted molar refractivity (Wildman–Crippen MR) is 73.3 cm³/mol. The molecule has 0 amide bonds. The van der Waals surface area contributed by atoms with Gasteiger partial charge in [0.25, 0.3) is 0 Å². The third-order valence-electron chi connectivity index (χ3n) is 3.18. The molecule has 1 aliphatic rings. The molecule has 1 aliphatic heterocycles. The first kappa shape index (κ1) is 14.2. The van der Waals surface area contributed by atoms with Crippen LogP contribution in [0.1, 0.15) is 24.8 Å². The fraction of sp³-hybridized carbons (Fsp3) is 0.571. The smallest absolute Gasteiger partial charge is 0.158 e. The summed E-state index contributed by atoms with van der Waals surface area (Å²) in [5.41, 5.74) is 1.46. The van der Waals surface area contributed by atoms with E-state index in [1.165, 1.54) is 0 Å². The van der Waals surface area contributed by atoms with Crippen molar-refractivity contribution in [2.24, 2.45) is 0 Å². The van der Waals surface area contributed by atoms with Gasteiger partial charge in [0.05, 0.1) is 20.8 Å². The molecule has 2 rings (SSSR count). The third kappa shape index (κ3) is 3.64. The normalized spacial score (nSPS) is 19.2. The highest BCUT2D eigenvalue weighted by atomic mass is 16.7. The van der Waals surface area contributed by atoms with E-state index in [2.05, 4.69) is 0 Å². The summed E-state index contributed by atoms with van der Waals surface area (Å²) in [5, 5.41) is 0. The zero-order valence-corrected chi connectivity index (χ0v) is 11.5. The van der Waals surface area contributed by atoms with Crippen LogP contribution >= 0.6 is 0 Å². The van der Waals surface area contributed by atoms with Crippen molar-refractivity contribution in [3.63, 3.8) is 0 Å². The SMILES string of the molecule is [B]c1c(OC)cc(COC2CCCCO2)cc1OC. The maximum Gasteiger partial charge on any atom is 0.158 e. The molecule has 0 aliphatic carbocycles. The van der Waals surface area contributed by atoms with Crippen molar-refractivity contribution in [2.45, 2.75) is 32.2 Å². The molecule has 1 saturated heterocycles. The molecule has 0 spiro atoms. The molecule has 19 heavy (non-hydrogen) atoms. The molecular formula is C14H19BO4. The van der Waals surface area contributed by atoms with Crippen molar-refractivity contribution in [1.82, 2.24) is 0 Å². The molecule has 0 saturated carbocycles. The van der Waals surface area contributed by atoms with Gasteiger partial charge in [0.2, 0.25) is 0 Å². The molecule has 1 unspecified atom stereocenters. The second kappa shape index (κ2) is 6.82. The number of methoxy groups -OCH3 is 2. The molecule has 1 atom stereocenters. The molecule has 5 heteroatoms. The van der Waals surface area contributed by atoms with Gasteiger partial charge in [-0.15, -0.1) is 0 Å². The largest absolute Gasteiger partial charge is 0.497 e. The number of benzene rings is 1. The summed E-state index contributed by atoms with van der Waals surface area (Å²) in [7, 11) is 9.06. The van der Waals surface area contributed by atoms with Gasteiger partial charge in [-0.2, -0.15) is 0 Å². The van der Waals surface area contributed by atoms with E-state index in [9.17, 15) is 0 Å². The van der Waals surface area contributed by atoms with Crippen molar-refractivity contribution in [3.05, 3.63) is 17.7 Å². The van der Waals surface area contributed by atoms with Crippen LogP contribution in [0.3, 0.4) is 0 Å². The van der Waals surface area contributed by atoms with E-state index in [0.29, 0.717) is 23.6 Å². The van der Waals surface area contributed by atoms with Crippen molar-refractivity contribution in [2.75, 3.05) is 20.8 Å². The number of rotatable bonds is 5. The standard InChI is InChI=1S/C14H19BO4/c1-16-11-7-10(8-12(17-2)14(11)15)9-19-13-5-3-4-6-18-13/h7-8,13H,3-6,9H2,1-2H3. The second-order valence-corrected chi connectivity index (χ2v) is 4.52. The molecule has 0 bridgehead atoms. The van der Waals surface area contributed by atoms with E-state index in [0.717, 1.165) is 31.4 Å². The van der Waals surface area contributed by atoms with E-state index >= 15 is 0 Å². The van der Waals surface area contributed by atoms with Gasteiger partial charge in [-0.05, 0) is 42.4 Å². The van der Waals surface area contributed by atoms with Crippen LogP contribution in [0.15, 0.2) is 12.1 Å². The first-order valence-electron chi connectivity index (χ1n) is 6.48. The number of hydrogen-bond acceptors (Lipinski definition) is 4. The summed E-state index contributed by atoms with van der Waals surface area (Å²) in [4.78, 5) is 0. The summed E-state index contributed by atoms with van der Waals surface area (Å²) in [6.07, 6.45) is 3.11. The van der Waals surface area contributed by atoms with Gasteiger partial charge < -0.3 is 18.9 Å². The quantitative estimate of drug-likeness (QED) is 0.754. The molecular weight excluding hydrogens is 243 g/mol.